The molecule has 0 unspecified atom stereocenters. The molecule has 2 aliphatic heterocycles. The Morgan fingerprint density at radius 2 is 1.69 bits per heavy atom. The number of carbonyl (C=O) groups excluding carboxylic acids is 1. The fraction of sp³-hybridized carbons (Fsp3) is 0.481. The first-order chi connectivity index (χ1) is 17.4. The van der Waals surface area contributed by atoms with Crippen molar-refractivity contribution in [2.45, 2.75) is 63.3 Å². The SMILES string of the molecule is O=C(O)CCC(=O)Nc1ccc([C@H]2O[C@@H](CN3CCC[C@H]3CO)C[C@@H](c3ccc(CO)cc3)O2)cc1. The molecule has 4 atom stereocenters. The van der Waals surface area contributed by atoms with Gasteiger partial charge in [-0.2, -0.15) is 0 Å². The maximum Gasteiger partial charge on any atom is 0.303 e. The van der Waals surface area contributed by atoms with Gasteiger partial charge in [-0.3, -0.25) is 14.5 Å². The fourth-order valence-electron chi connectivity index (χ4n) is 4.80. The van der Waals surface area contributed by atoms with Crippen LogP contribution in [0, 0.1) is 0 Å². The van der Waals surface area contributed by atoms with Crippen molar-refractivity contribution in [2.75, 3.05) is 25.0 Å². The lowest BCUT2D eigenvalue weighted by molar-refractivity contribution is -0.253. The Balaban J connectivity index is 1.47. The number of hydrogen-bond donors (Lipinski definition) is 4. The number of hydrogen-bond acceptors (Lipinski definition) is 7. The van der Waals surface area contributed by atoms with Gasteiger partial charge in [-0.25, -0.2) is 0 Å². The molecule has 2 fully saturated rings. The molecular formula is C27H34N2O7. The zero-order valence-corrected chi connectivity index (χ0v) is 20.2. The van der Waals surface area contributed by atoms with Gasteiger partial charge in [0.15, 0.2) is 6.29 Å². The summed E-state index contributed by atoms with van der Waals surface area (Å²) in [5.74, 6) is -1.37. The smallest absolute Gasteiger partial charge is 0.303 e. The Kier molecular flexibility index (Phi) is 9.06. The number of ether oxygens (including phenoxy) is 2. The molecule has 2 aromatic carbocycles. The lowest BCUT2D eigenvalue weighted by atomic mass is 9.99. The minimum Gasteiger partial charge on any atom is -0.481 e. The first kappa shape index (κ1) is 26.2. The quantitative estimate of drug-likeness (QED) is 0.394. The molecule has 4 N–H and O–H groups in total. The maximum absolute atomic E-state index is 11.9. The number of amides is 1. The third-order valence-electron chi connectivity index (χ3n) is 6.80. The van der Waals surface area contributed by atoms with E-state index in [9.17, 15) is 19.8 Å². The third-order valence-corrected chi connectivity index (χ3v) is 6.80. The molecule has 2 heterocycles. The average molecular weight is 499 g/mol. The number of aliphatic hydroxyl groups is 2. The Morgan fingerprint density at radius 3 is 2.36 bits per heavy atom. The summed E-state index contributed by atoms with van der Waals surface area (Å²) in [6.45, 7) is 1.76. The van der Waals surface area contributed by atoms with Gasteiger partial charge < -0.3 is 30.1 Å². The van der Waals surface area contributed by atoms with E-state index in [1.165, 1.54) is 0 Å². The van der Waals surface area contributed by atoms with Crippen molar-refractivity contribution >= 4 is 17.6 Å². The van der Waals surface area contributed by atoms with Crippen LogP contribution in [0.15, 0.2) is 48.5 Å². The molecule has 2 aromatic rings. The molecule has 2 aliphatic rings. The van der Waals surface area contributed by atoms with Crippen molar-refractivity contribution in [1.82, 2.24) is 4.90 Å². The van der Waals surface area contributed by atoms with Crippen LogP contribution < -0.4 is 5.32 Å². The normalized spacial score (nSPS) is 24.5. The highest BCUT2D eigenvalue weighted by atomic mass is 16.7. The minimum absolute atomic E-state index is 0.0170. The Hall–Kier alpha value is -2.82. The number of benzene rings is 2. The van der Waals surface area contributed by atoms with Crippen LogP contribution in [0.25, 0.3) is 0 Å². The topological polar surface area (TPSA) is 129 Å². The van der Waals surface area contributed by atoms with Gasteiger partial charge >= 0.3 is 5.97 Å². The molecule has 4 rings (SSSR count). The van der Waals surface area contributed by atoms with E-state index in [1.54, 1.807) is 12.1 Å². The minimum atomic E-state index is -1.01. The maximum atomic E-state index is 11.9. The predicted octanol–water partition coefficient (Wildman–Crippen LogP) is 2.98. The van der Waals surface area contributed by atoms with E-state index in [0.717, 1.165) is 36.1 Å². The van der Waals surface area contributed by atoms with Crippen LogP contribution in [0.2, 0.25) is 0 Å². The number of aliphatic hydroxyl groups excluding tert-OH is 2. The number of aliphatic carboxylic acids is 1. The Morgan fingerprint density at radius 1 is 0.972 bits per heavy atom. The summed E-state index contributed by atoms with van der Waals surface area (Å²) >= 11 is 0. The fourth-order valence-corrected chi connectivity index (χ4v) is 4.80. The molecule has 2 saturated heterocycles. The van der Waals surface area contributed by atoms with Crippen LogP contribution in [-0.4, -0.2) is 63.9 Å². The van der Waals surface area contributed by atoms with E-state index in [0.29, 0.717) is 18.7 Å². The summed E-state index contributed by atoms with van der Waals surface area (Å²) in [7, 11) is 0. The molecule has 1 amide bonds. The second-order valence-electron chi connectivity index (χ2n) is 9.39. The zero-order valence-electron chi connectivity index (χ0n) is 20.2. The highest BCUT2D eigenvalue weighted by Crippen LogP contribution is 2.39. The van der Waals surface area contributed by atoms with Gasteiger partial charge in [-0.15, -0.1) is 0 Å². The highest BCUT2D eigenvalue weighted by molar-refractivity contribution is 5.92. The Labute approximate surface area is 210 Å². The molecular weight excluding hydrogens is 464 g/mol. The van der Waals surface area contributed by atoms with E-state index in [2.05, 4.69) is 10.2 Å². The van der Waals surface area contributed by atoms with Gasteiger partial charge in [0.25, 0.3) is 0 Å². The largest absolute Gasteiger partial charge is 0.481 e. The molecule has 0 saturated carbocycles. The zero-order chi connectivity index (χ0) is 25.5. The first-order valence-electron chi connectivity index (χ1n) is 12.4. The number of likely N-dealkylation sites (tertiary alicyclic amines) is 1. The van der Waals surface area contributed by atoms with Gasteiger partial charge in [-0.1, -0.05) is 36.4 Å². The van der Waals surface area contributed by atoms with E-state index in [4.69, 9.17) is 14.6 Å². The van der Waals surface area contributed by atoms with Crippen LogP contribution in [0.5, 0.6) is 0 Å². The molecule has 0 aromatic heterocycles. The van der Waals surface area contributed by atoms with Crippen LogP contribution >= 0.6 is 0 Å². The number of nitrogens with one attached hydrogen (secondary N) is 1. The van der Waals surface area contributed by atoms with Crippen molar-refractivity contribution < 1.29 is 34.4 Å². The number of carboxylic acids is 1. The third kappa shape index (κ3) is 6.89. The average Bonchev–Trinajstić information content (AvgIpc) is 3.34. The van der Waals surface area contributed by atoms with Crippen LogP contribution in [0.1, 0.15) is 61.2 Å². The summed E-state index contributed by atoms with van der Waals surface area (Å²) in [6.07, 6.45) is 1.48. The number of anilines is 1. The second kappa shape index (κ2) is 12.4. The summed E-state index contributed by atoms with van der Waals surface area (Å²) < 4.78 is 12.7. The van der Waals surface area contributed by atoms with Crippen LogP contribution in [0.4, 0.5) is 5.69 Å². The van der Waals surface area contributed by atoms with Gasteiger partial charge in [0.1, 0.15) is 0 Å². The van der Waals surface area contributed by atoms with Crippen molar-refractivity contribution in [3.05, 3.63) is 65.2 Å². The predicted molar refractivity (Wildman–Crippen MR) is 132 cm³/mol. The summed E-state index contributed by atoms with van der Waals surface area (Å²) in [4.78, 5) is 24.9. The van der Waals surface area contributed by atoms with Gasteiger partial charge in [0.05, 0.1) is 31.8 Å². The van der Waals surface area contributed by atoms with Crippen LogP contribution in [-0.2, 0) is 25.7 Å². The molecule has 9 heteroatoms. The molecule has 9 nitrogen and oxygen atoms in total. The first-order valence-corrected chi connectivity index (χ1v) is 12.4. The van der Waals surface area contributed by atoms with Crippen molar-refractivity contribution in [3.8, 4) is 0 Å². The van der Waals surface area contributed by atoms with Crippen molar-refractivity contribution in [2.24, 2.45) is 0 Å². The number of carboxylic acid groups (broad SMARTS) is 1. The molecule has 0 bridgehead atoms. The van der Waals surface area contributed by atoms with Crippen molar-refractivity contribution in [3.63, 3.8) is 0 Å². The number of nitrogens with zero attached hydrogens (tertiary/aromatic N) is 1. The molecule has 0 radical (unpaired) electrons. The van der Waals surface area contributed by atoms with Gasteiger partial charge in [0, 0.05) is 36.7 Å². The highest BCUT2D eigenvalue weighted by Gasteiger charge is 2.35. The van der Waals surface area contributed by atoms with Gasteiger partial charge in [-0.05, 0) is 42.6 Å². The molecule has 0 spiro atoms. The molecule has 36 heavy (non-hydrogen) atoms. The summed E-state index contributed by atoms with van der Waals surface area (Å²) in [5.41, 5.74) is 3.22. The number of rotatable bonds is 10. The van der Waals surface area contributed by atoms with E-state index in [-0.39, 0.29) is 50.2 Å². The van der Waals surface area contributed by atoms with E-state index < -0.39 is 12.3 Å². The van der Waals surface area contributed by atoms with Gasteiger partial charge in [0.2, 0.25) is 5.91 Å². The van der Waals surface area contributed by atoms with E-state index >= 15 is 0 Å². The molecule has 0 aliphatic carbocycles. The molecule has 194 valence electrons. The van der Waals surface area contributed by atoms with Crippen LogP contribution in [0.3, 0.4) is 0 Å². The lowest BCUT2D eigenvalue weighted by Crippen LogP contribution is -2.42. The lowest BCUT2D eigenvalue weighted by Gasteiger charge is -2.38. The summed E-state index contributed by atoms with van der Waals surface area (Å²) in [6, 6.07) is 15.0. The number of carbonyl (C=O) groups is 2. The second-order valence-corrected chi connectivity index (χ2v) is 9.39. The van der Waals surface area contributed by atoms with E-state index in [1.807, 2.05) is 36.4 Å². The monoisotopic (exact) mass is 498 g/mol. The Bertz CT molecular complexity index is 1010. The standard InChI is InChI=1S/C27H34N2O7/c30-16-18-3-5-19(6-4-18)24-14-23(15-29-13-1-2-22(29)17-31)35-27(36-24)20-7-9-21(10-8-20)28-25(32)11-12-26(33)34/h3-10,22-24,27,30-31H,1-2,11-17H2,(H,28,32)(H,33,34)/t22-,23+,24-,27-/m0/s1. The summed E-state index contributed by atoms with van der Waals surface area (Å²) in [5, 5.41) is 30.6. The van der Waals surface area contributed by atoms with Crippen molar-refractivity contribution in [1.29, 1.82) is 0 Å².